The first-order valence-electron chi connectivity index (χ1n) is 7.72. The third-order valence-electron chi connectivity index (χ3n) is 3.63. The van der Waals surface area contributed by atoms with Gasteiger partial charge < -0.3 is 10.4 Å². The monoisotopic (exact) mass is 277 g/mol. The average molecular weight is 277 g/mol. The zero-order valence-electron chi connectivity index (χ0n) is 12.7. The van der Waals surface area contributed by atoms with Gasteiger partial charge in [0.15, 0.2) is 0 Å². The number of anilines is 1. The molecule has 0 saturated carbocycles. The molecule has 1 aromatic rings. The number of benzene rings is 1. The Balaban J connectivity index is 2.68. The van der Waals surface area contributed by atoms with Crippen molar-refractivity contribution in [3.05, 3.63) is 29.8 Å². The zero-order valence-corrected chi connectivity index (χ0v) is 12.7. The van der Waals surface area contributed by atoms with Crippen LogP contribution in [0, 0.1) is 5.92 Å². The van der Waals surface area contributed by atoms with Crippen LogP contribution in [-0.2, 0) is 11.4 Å². The van der Waals surface area contributed by atoms with Crippen LogP contribution < -0.4 is 5.32 Å². The van der Waals surface area contributed by atoms with Crippen LogP contribution in [0.2, 0.25) is 0 Å². The molecule has 0 radical (unpaired) electrons. The fourth-order valence-corrected chi connectivity index (χ4v) is 2.32. The van der Waals surface area contributed by atoms with Crippen LogP contribution in [-0.4, -0.2) is 11.0 Å². The number of hydrogen-bond acceptors (Lipinski definition) is 2. The molecule has 0 bridgehead atoms. The standard InChI is InChI=1S/C17H27NO2/c1-3-5-9-14(10-6-4-2)17(20)18-16-12-8-7-11-15(16)13-19/h7-8,11-12,14,19H,3-6,9-10,13H2,1-2H3,(H,18,20). The summed E-state index contributed by atoms with van der Waals surface area (Å²) < 4.78 is 0. The van der Waals surface area contributed by atoms with E-state index < -0.39 is 0 Å². The van der Waals surface area contributed by atoms with Crippen LogP contribution in [0.4, 0.5) is 5.69 Å². The lowest BCUT2D eigenvalue weighted by Gasteiger charge is -2.17. The van der Waals surface area contributed by atoms with Gasteiger partial charge in [0.1, 0.15) is 0 Å². The number of carbonyl (C=O) groups excluding carboxylic acids is 1. The smallest absolute Gasteiger partial charge is 0.227 e. The summed E-state index contributed by atoms with van der Waals surface area (Å²) in [6.07, 6.45) is 6.30. The Labute approximate surface area is 122 Å². The molecule has 0 aliphatic carbocycles. The van der Waals surface area contributed by atoms with E-state index in [2.05, 4.69) is 19.2 Å². The SMILES string of the molecule is CCCCC(CCCC)C(=O)Nc1ccccc1CO. The lowest BCUT2D eigenvalue weighted by Crippen LogP contribution is -2.23. The average Bonchev–Trinajstić information content (AvgIpc) is 2.47. The predicted octanol–water partition coefficient (Wildman–Crippen LogP) is 4.11. The van der Waals surface area contributed by atoms with Gasteiger partial charge in [0.25, 0.3) is 0 Å². The van der Waals surface area contributed by atoms with Crippen LogP contribution >= 0.6 is 0 Å². The lowest BCUT2D eigenvalue weighted by molar-refractivity contribution is -0.120. The quantitative estimate of drug-likeness (QED) is 0.713. The van der Waals surface area contributed by atoms with E-state index in [4.69, 9.17) is 0 Å². The maximum atomic E-state index is 12.4. The topological polar surface area (TPSA) is 49.3 Å². The number of aliphatic hydroxyl groups is 1. The molecular weight excluding hydrogens is 250 g/mol. The third kappa shape index (κ3) is 5.33. The molecule has 0 heterocycles. The number of unbranched alkanes of at least 4 members (excludes halogenated alkanes) is 2. The van der Waals surface area contributed by atoms with Crippen LogP contribution in [0.5, 0.6) is 0 Å². The summed E-state index contributed by atoms with van der Waals surface area (Å²) in [6, 6.07) is 7.43. The Morgan fingerprint density at radius 3 is 2.30 bits per heavy atom. The summed E-state index contributed by atoms with van der Waals surface area (Å²) in [7, 11) is 0. The van der Waals surface area contributed by atoms with Crippen LogP contribution in [0.3, 0.4) is 0 Å². The van der Waals surface area contributed by atoms with Crippen molar-refractivity contribution in [3.8, 4) is 0 Å². The fourth-order valence-electron chi connectivity index (χ4n) is 2.32. The van der Waals surface area contributed by atoms with Gasteiger partial charge in [0.05, 0.1) is 6.61 Å². The Bertz CT molecular complexity index is 396. The number of carbonyl (C=O) groups is 1. The summed E-state index contributed by atoms with van der Waals surface area (Å²) in [5.74, 6) is 0.175. The first kappa shape index (κ1) is 16.7. The van der Waals surface area contributed by atoms with Crippen molar-refractivity contribution in [2.75, 3.05) is 5.32 Å². The predicted molar refractivity (Wildman–Crippen MR) is 83.5 cm³/mol. The highest BCUT2D eigenvalue weighted by molar-refractivity contribution is 5.93. The van der Waals surface area contributed by atoms with Gasteiger partial charge in [-0.3, -0.25) is 4.79 Å². The molecule has 0 aliphatic rings. The van der Waals surface area contributed by atoms with E-state index >= 15 is 0 Å². The molecule has 0 spiro atoms. The molecule has 3 heteroatoms. The molecule has 0 aliphatic heterocycles. The molecule has 112 valence electrons. The first-order valence-corrected chi connectivity index (χ1v) is 7.72. The molecule has 2 N–H and O–H groups in total. The van der Waals surface area contributed by atoms with E-state index in [9.17, 15) is 9.90 Å². The molecular formula is C17H27NO2. The third-order valence-corrected chi connectivity index (χ3v) is 3.63. The van der Waals surface area contributed by atoms with E-state index in [1.165, 1.54) is 0 Å². The van der Waals surface area contributed by atoms with Crippen molar-refractivity contribution < 1.29 is 9.90 Å². The molecule has 1 amide bonds. The normalized spacial score (nSPS) is 10.8. The van der Waals surface area contributed by atoms with Crippen LogP contribution in [0.15, 0.2) is 24.3 Å². The van der Waals surface area contributed by atoms with Gasteiger partial charge in [-0.05, 0) is 18.9 Å². The molecule has 1 rings (SSSR count). The van der Waals surface area contributed by atoms with E-state index in [0.29, 0.717) is 0 Å². The van der Waals surface area contributed by atoms with Crippen molar-refractivity contribution in [3.63, 3.8) is 0 Å². The Kier molecular flexibility index (Phi) is 7.97. The minimum atomic E-state index is -0.0506. The molecule has 0 saturated heterocycles. The molecule has 0 aromatic heterocycles. The molecule has 0 fully saturated rings. The van der Waals surface area contributed by atoms with Gasteiger partial charge in [-0.1, -0.05) is 57.7 Å². The number of rotatable bonds is 9. The van der Waals surface area contributed by atoms with E-state index in [0.717, 1.165) is 49.8 Å². The zero-order chi connectivity index (χ0) is 14.8. The van der Waals surface area contributed by atoms with E-state index in [-0.39, 0.29) is 18.4 Å². The second-order valence-electron chi connectivity index (χ2n) is 5.29. The van der Waals surface area contributed by atoms with Crippen LogP contribution in [0.25, 0.3) is 0 Å². The summed E-state index contributed by atoms with van der Waals surface area (Å²) in [6.45, 7) is 4.25. The first-order chi connectivity index (χ1) is 9.72. The Morgan fingerprint density at radius 2 is 1.75 bits per heavy atom. The number of para-hydroxylation sites is 1. The Hall–Kier alpha value is -1.35. The Morgan fingerprint density at radius 1 is 1.15 bits per heavy atom. The number of nitrogens with one attached hydrogen (secondary N) is 1. The van der Waals surface area contributed by atoms with Gasteiger partial charge in [0, 0.05) is 17.2 Å². The van der Waals surface area contributed by atoms with E-state index in [1.54, 1.807) is 0 Å². The maximum Gasteiger partial charge on any atom is 0.227 e. The number of aliphatic hydroxyl groups excluding tert-OH is 1. The minimum absolute atomic E-state index is 0.0506. The number of amides is 1. The molecule has 20 heavy (non-hydrogen) atoms. The summed E-state index contributed by atoms with van der Waals surface area (Å²) in [5.41, 5.74) is 1.50. The second kappa shape index (κ2) is 9.54. The highest BCUT2D eigenvalue weighted by Crippen LogP contribution is 2.21. The van der Waals surface area contributed by atoms with Gasteiger partial charge in [-0.15, -0.1) is 0 Å². The van der Waals surface area contributed by atoms with Crippen molar-refractivity contribution >= 4 is 11.6 Å². The van der Waals surface area contributed by atoms with Gasteiger partial charge in [-0.2, -0.15) is 0 Å². The second-order valence-corrected chi connectivity index (χ2v) is 5.29. The lowest BCUT2D eigenvalue weighted by atomic mass is 9.95. The largest absolute Gasteiger partial charge is 0.392 e. The highest BCUT2D eigenvalue weighted by atomic mass is 16.3. The van der Waals surface area contributed by atoms with Crippen molar-refractivity contribution in [1.29, 1.82) is 0 Å². The van der Waals surface area contributed by atoms with Crippen molar-refractivity contribution in [2.45, 2.75) is 59.0 Å². The molecule has 3 nitrogen and oxygen atoms in total. The van der Waals surface area contributed by atoms with Crippen molar-refractivity contribution in [1.82, 2.24) is 0 Å². The summed E-state index contributed by atoms with van der Waals surface area (Å²) in [5, 5.41) is 12.3. The summed E-state index contributed by atoms with van der Waals surface area (Å²) in [4.78, 5) is 12.4. The van der Waals surface area contributed by atoms with Crippen molar-refractivity contribution in [2.24, 2.45) is 5.92 Å². The van der Waals surface area contributed by atoms with Gasteiger partial charge >= 0.3 is 0 Å². The van der Waals surface area contributed by atoms with Gasteiger partial charge in [0.2, 0.25) is 5.91 Å². The maximum absolute atomic E-state index is 12.4. The molecule has 1 aromatic carbocycles. The fraction of sp³-hybridized carbons (Fsp3) is 0.588. The van der Waals surface area contributed by atoms with E-state index in [1.807, 2.05) is 24.3 Å². The van der Waals surface area contributed by atoms with Crippen LogP contribution in [0.1, 0.15) is 57.9 Å². The number of hydrogen-bond donors (Lipinski definition) is 2. The molecule has 0 atom stereocenters. The summed E-state index contributed by atoms with van der Waals surface area (Å²) >= 11 is 0. The van der Waals surface area contributed by atoms with Gasteiger partial charge in [-0.25, -0.2) is 0 Å². The molecule has 0 unspecified atom stereocenters. The highest BCUT2D eigenvalue weighted by Gasteiger charge is 2.18. The minimum Gasteiger partial charge on any atom is -0.392 e.